The average molecular weight is 303 g/mol. The minimum absolute atomic E-state index is 0.00130. The number of carbonyl (C=O) groups excluding carboxylic acids is 1. The van der Waals surface area contributed by atoms with Gasteiger partial charge in [0.1, 0.15) is 5.82 Å². The topological polar surface area (TPSA) is 58.6 Å². The molecule has 0 bridgehead atoms. The van der Waals surface area contributed by atoms with E-state index in [0.717, 1.165) is 5.56 Å². The van der Waals surface area contributed by atoms with Crippen LogP contribution >= 0.6 is 0 Å². The fraction of sp³-hybridized carbons (Fsp3) is 0.235. The summed E-state index contributed by atoms with van der Waals surface area (Å²) in [7, 11) is 0. The van der Waals surface area contributed by atoms with E-state index >= 15 is 0 Å². The number of amides is 1. The van der Waals surface area contributed by atoms with Crippen molar-refractivity contribution < 1.29 is 19.0 Å². The molecule has 2 aromatic carbocycles. The number of halogens is 1. The van der Waals surface area contributed by atoms with Gasteiger partial charge in [0.2, 0.25) is 0 Å². The third-order valence-corrected chi connectivity index (χ3v) is 3.08. The van der Waals surface area contributed by atoms with Gasteiger partial charge in [-0.1, -0.05) is 24.3 Å². The van der Waals surface area contributed by atoms with Crippen molar-refractivity contribution in [2.45, 2.75) is 12.8 Å². The van der Waals surface area contributed by atoms with E-state index in [1.807, 2.05) is 6.07 Å². The Labute approximate surface area is 128 Å². The first-order valence-corrected chi connectivity index (χ1v) is 7.07. The summed E-state index contributed by atoms with van der Waals surface area (Å²) in [5.74, 6) is -0.237. The first-order valence-electron chi connectivity index (χ1n) is 7.07. The van der Waals surface area contributed by atoms with Crippen molar-refractivity contribution in [3.63, 3.8) is 0 Å². The molecule has 5 heteroatoms. The molecule has 4 nitrogen and oxygen atoms in total. The SMILES string of the molecule is O=C(COc1ccccc1O)NCCCc1cccc(F)c1. The van der Waals surface area contributed by atoms with E-state index in [9.17, 15) is 14.3 Å². The minimum atomic E-state index is -0.262. The summed E-state index contributed by atoms with van der Waals surface area (Å²) < 4.78 is 18.2. The van der Waals surface area contributed by atoms with Crippen LogP contribution in [0.3, 0.4) is 0 Å². The molecule has 2 rings (SSSR count). The molecular formula is C17H18FNO3. The van der Waals surface area contributed by atoms with Crippen LogP contribution in [0.1, 0.15) is 12.0 Å². The normalized spacial score (nSPS) is 10.2. The molecule has 0 atom stereocenters. The molecule has 0 unspecified atom stereocenters. The molecule has 2 aromatic rings. The molecule has 0 spiro atoms. The summed E-state index contributed by atoms with van der Waals surface area (Å²) in [6, 6.07) is 12.9. The summed E-state index contributed by atoms with van der Waals surface area (Å²) in [6.07, 6.45) is 1.41. The van der Waals surface area contributed by atoms with Crippen molar-refractivity contribution in [2.75, 3.05) is 13.2 Å². The number of nitrogens with one attached hydrogen (secondary N) is 1. The van der Waals surface area contributed by atoms with E-state index in [4.69, 9.17) is 4.74 Å². The Kier molecular flexibility index (Phi) is 5.77. The highest BCUT2D eigenvalue weighted by atomic mass is 19.1. The molecule has 22 heavy (non-hydrogen) atoms. The van der Waals surface area contributed by atoms with Crippen molar-refractivity contribution in [2.24, 2.45) is 0 Å². The van der Waals surface area contributed by atoms with Gasteiger partial charge in [0, 0.05) is 6.54 Å². The maximum absolute atomic E-state index is 13.0. The molecule has 0 aromatic heterocycles. The zero-order valence-corrected chi connectivity index (χ0v) is 12.1. The summed E-state index contributed by atoms with van der Waals surface area (Å²) in [4.78, 5) is 11.6. The molecule has 0 aliphatic rings. The predicted molar refractivity (Wildman–Crippen MR) is 81.3 cm³/mol. The third-order valence-electron chi connectivity index (χ3n) is 3.08. The Bertz CT molecular complexity index is 631. The first-order chi connectivity index (χ1) is 10.6. The van der Waals surface area contributed by atoms with Crippen molar-refractivity contribution in [3.05, 3.63) is 59.9 Å². The quantitative estimate of drug-likeness (QED) is 0.773. The molecular weight excluding hydrogens is 285 g/mol. The lowest BCUT2D eigenvalue weighted by molar-refractivity contribution is -0.123. The number of hydrogen-bond acceptors (Lipinski definition) is 3. The monoisotopic (exact) mass is 303 g/mol. The van der Waals surface area contributed by atoms with E-state index in [0.29, 0.717) is 19.4 Å². The Balaban J connectivity index is 1.65. The highest BCUT2D eigenvalue weighted by molar-refractivity contribution is 5.77. The number of phenolic OH excluding ortho intramolecular Hbond substituents is 1. The van der Waals surface area contributed by atoms with E-state index < -0.39 is 0 Å². The average Bonchev–Trinajstić information content (AvgIpc) is 2.51. The molecule has 0 radical (unpaired) electrons. The number of aromatic hydroxyl groups is 1. The number of ether oxygens (including phenoxy) is 1. The van der Waals surface area contributed by atoms with Crippen molar-refractivity contribution in [1.29, 1.82) is 0 Å². The van der Waals surface area contributed by atoms with Gasteiger partial charge in [0.15, 0.2) is 18.1 Å². The molecule has 0 saturated heterocycles. The molecule has 1 amide bonds. The Morgan fingerprint density at radius 1 is 1.18 bits per heavy atom. The van der Waals surface area contributed by atoms with Crippen LogP contribution in [0.2, 0.25) is 0 Å². The molecule has 0 fully saturated rings. The van der Waals surface area contributed by atoms with Gasteiger partial charge in [-0.15, -0.1) is 0 Å². The van der Waals surface area contributed by atoms with Crippen molar-refractivity contribution >= 4 is 5.91 Å². The van der Waals surface area contributed by atoms with E-state index in [1.165, 1.54) is 18.2 Å². The first kappa shape index (κ1) is 15.8. The predicted octanol–water partition coefficient (Wildman–Crippen LogP) is 2.66. The second-order valence-corrected chi connectivity index (χ2v) is 4.84. The summed E-state index contributed by atoms with van der Waals surface area (Å²) in [5, 5.41) is 12.2. The zero-order valence-electron chi connectivity index (χ0n) is 12.1. The molecule has 0 saturated carbocycles. The fourth-order valence-corrected chi connectivity index (χ4v) is 1.99. The Hall–Kier alpha value is -2.56. The molecule has 0 heterocycles. The number of rotatable bonds is 7. The summed E-state index contributed by atoms with van der Waals surface area (Å²) >= 11 is 0. The van der Waals surface area contributed by atoms with Gasteiger partial charge in [0.25, 0.3) is 5.91 Å². The van der Waals surface area contributed by atoms with Gasteiger partial charge < -0.3 is 15.2 Å². The number of para-hydroxylation sites is 2. The van der Waals surface area contributed by atoms with Gasteiger partial charge in [-0.2, -0.15) is 0 Å². The fourth-order valence-electron chi connectivity index (χ4n) is 1.99. The summed E-state index contributed by atoms with van der Waals surface area (Å²) in [6.45, 7) is 0.330. The number of benzene rings is 2. The minimum Gasteiger partial charge on any atom is -0.504 e. The van der Waals surface area contributed by atoms with Gasteiger partial charge in [-0.3, -0.25) is 4.79 Å². The van der Waals surface area contributed by atoms with Crippen LogP contribution in [-0.4, -0.2) is 24.2 Å². The van der Waals surface area contributed by atoms with Crippen LogP contribution in [0.4, 0.5) is 4.39 Å². The van der Waals surface area contributed by atoms with Gasteiger partial charge in [-0.25, -0.2) is 4.39 Å². The zero-order chi connectivity index (χ0) is 15.8. The second kappa shape index (κ2) is 8.02. The molecule has 2 N–H and O–H groups in total. The van der Waals surface area contributed by atoms with Crippen LogP contribution in [-0.2, 0) is 11.2 Å². The molecule has 116 valence electrons. The smallest absolute Gasteiger partial charge is 0.257 e. The van der Waals surface area contributed by atoms with Gasteiger partial charge in [-0.05, 0) is 42.7 Å². The lowest BCUT2D eigenvalue weighted by atomic mass is 10.1. The van der Waals surface area contributed by atoms with Crippen LogP contribution in [0.15, 0.2) is 48.5 Å². The van der Waals surface area contributed by atoms with E-state index in [-0.39, 0.29) is 29.8 Å². The largest absolute Gasteiger partial charge is 0.504 e. The molecule has 0 aliphatic carbocycles. The van der Waals surface area contributed by atoms with Gasteiger partial charge >= 0.3 is 0 Å². The Morgan fingerprint density at radius 3 is 2.77 bits per heavy atom. The number of phenols is 1. The van der Waals surface area contributed by atoms with Crippen LogP contribution < -0.4 is 10.1 Å². The van der Waals surface area contributed by atoms with E-state index in [1.54, 1.807) is 24.3 Å². The van der Waals surface area contributed by atoms with Crippen LogP contribution in [0.5, 0.6) is 11.5 Å². The van der Waals surface area contributed by atoms with Crippen molar-refractivity contribution in [1.82, 2.24) is 5.32 Å². The Morgan fingerprint density at radius 2 is 2.00 bits per heavy atom. The lowest BCUT2D eigenvalue weighted by Gasteiger charge is -2.08. The lowest BCUT2D eigenvalue weighted by Crippen LogP contribution is -2.29. The highest BCUT2D eigenvalue weighted by Gasteiger charge is 2.05. The standard InChI is InChI=1S/C17H18FNO3/c18-14-7-3-5-13(11-14)6-4-10-19-17(21)12-22-16-9-2-1-8-15(16)20/h1-3,5,7-9,11,20H,4,6,10,12H2,(H,19,21). The number of carbonyl (C=O) groups is 1. The maximum Gasteiger partial charge on any atom is 0.257 e. The highest BCUT2D eigenvalue weighted by Crippen LogP contribution is 2.23. The van der Waals surface area contributed by atoms with Crippen LogP contribution in [0.25, 0.3) is 0 Å². The van der Waals surface area contributed by atoms with Crippen LogP contribution in [0, 0.1) is 5.82 Å². The van der Waals surface area contributed by atoms with Gasteiger partial charge in [0.05, 0.1) is 0 Å². The number of hydrogen-bond donors (Lipinski definition) is 2. The maximum atomic E-state index is 13.0. The molecule has 0 aliphatic heterocycles. The summed E-state index contributed by atoms with van der Waals surface area (Å²) in [5.41, 5.74) is 0.903. The second-order valence-electron chi connectivity index (χ2n) is 4.84. The van der Waals surface area contributed by atoms with E-state index in [2.05, 4.69) is 5.32 Å². The number of aryl methyl sites for hydroxylation is 1. The van der Waals surface area contributed by atoms with Crippen molar-refractivity contribution in [3.8, 4) is 11.5 Å². The third kappa shape index (κ3) is 5.09.